The molecule has 2 heterocycles. The van der Waals surface area contributed by atoms with Gasteiger partial charge in [-0.15, -0.1) is 0 Å². The molecule has 0 aliphatic heterocycles. The average Bonchev–Trinajstić information content (AvgIpc) is 3.21. The Morgan fingerprint density at radius 3 is 2.32 bits per heavy atom. The first-order valence-corrected chi connectivity index (χ1v) is 11.6. The molecule has 5 aromatic rings. The monoisotopic (exact) mass is 501 g/mol. The van der Waals surface area contributed by atoms with E-state index in [2.05, 4.69) is 10.3 Å². The van der Waals surface area contributed by atoms with E-state index in [1.165, 1.54) is 12.1 Å². The van der Waals surface area contributed by atoms with E-state index in [1.54, 1.807) is 18.3 Å². The fourth-order valence-corrected chi connectivity index (χ4v) is 4.30. The number of carbonyl (C=O) groups is 1. The summed E-state index contributed by atoms with van der Waals surface area (Å²) in [5.41, 5.74) is 3.35. The van der Waals surface area contributed by atoms with Crippen molar-refractivity contribution in [3.63, 3.8) is 0 Å². The molecule has 0 unspecified atom stereocenters. The van der Waals surface area contributed by atoms with E-state index >= 15 is 0 Å². The zero-order valence-electron chi connectivity index (χ0n) is 19.6. The van der Waals surface area contributed by atoms with Crippen LogP contribution in [0.3, 0.4) is 0 Å². The number of carbonyl (C=O) groups excluding carboxylic acids is 1. The number of hydrogen-bond donors (Lipinski definition) is 1. The molecule has 0 aliphatic rings. The maximum absolute atomic E-state index is 13.1. The first-order valence-electron chi connectivity index (χ1n) is 11.6. The molecule has 0 saturated carbocycles. The molecule has 5 nitrogen and oxygen atoms in total. The van der Waals surface area contributed by atoms with Crippen molar-refractivity contribution < 1.29 is 22.7 Å². The van der Waals surface area contributed by atoms with Crippen LogP contribution in [0.5, 0.6) is 5.75 Å². The van der Waals surface area contributed by atoms with E-state index in [0.29, 0.717) is 41.4 Å². The number of amides is 1. The Balaban J connectivity index is 1.67. The maximum atomic E-state index is 13.1. The lowest BCUT2D eigenvalue weighted by atomic mass is 10.1. The van der Waals surface area contributed by atoms with Crippen molar-refractivity contribution in [1.29, 1.82) is 0 Å². The lowest BCUT2D eigenvalue weighted by Crippen LogP contribution is -2.08. The molecule has 0 aliphatic carbocycles. The summed E-state index contributed by atoms with van der Waals surface area (Å²) in [6.45, 7) is 0.561. The highest BCUT2D eigenvalue weighted by atomic mass is 19.4. The second kappa shape index (κ2) is 10.2. The van der Waals surface area contributed by atoms with Crippen molar-refractivity contribution >= 4 is 23.0 Å². The number of aromatic nitrogens is 2. The highest BCUT2D eigenvalue weighted by Crippen LogP contribution is 2.42. The van der Waals surface area contributed by atoms with Crippen molar-refractivity contribution in [3.8, 4) is 17.1 Å². The Morgan fingerprint density at radius 2 is 1.59 bits per heavy atom. The van der Waals surface area contributed by atoms with Gasteiger partial charge < -0.3 is 14.6 Å². The van der Waals surface area contributed by atoms with Gasteiger partial charge in [-0.1, -0.05) is 54.6 Å². The summed E-state index contributed by atoms with van der Waals surface area (Å²) < 4.78 is 47.7. The standard InChI is InChI=1S/C29H22F3N3O2/c30-29(31,32)22-14-12-20(13-15-22)17-35-25-11-5-4-9-23(25)28(37-18-21-7-2-1-3-8-21)27(35)26-24(34-19-36)10-6-16-33-26/h1-16,19H,17-18H2,(H,34,36). The molecule has 1 amide bonds. The summed E-state index contributed by atoms with van der Waals surface area (Å²) in [7, 11) is 0. The smallest absolute Gasteiger partial charge is 0.416 e. The lowest BCUT2D eigenvalue weighted by molar-refractivity contribution is -0.137. The largest absolute Gasteiger partial charge is 0.486 e. The van der Waals surface area contributed by atoms with Crippen LogP contribution in [-0.4, -0.2) is 16.0 Å². The number of para-hydroxylation sites is 1. The minimum absolute atomic E-state index is 0.264. The number of ether oxygens (including phenoxy) is 1. The van der Waals surface area contributed by atoms with Crippen LogP contribution in [0.2, 0.25) is 0 Å². The zero-order valence-corrected chi connectivity index (χ0v) is 19.6. The third kappa shape index (κ3) is 5.04. The van der Waals surface area contributed by atoms with Crippen LogP contribution in [0.15, 0.2) is 97.2 Å². The second-order valence-corrected chi connectivity index (χ2v) is 8.41. The van der Waals surface area contributed by atoms with Crippen LogP contribution in [0.25, 0.3) is 22.3 Å². The molecule has 0 bridgehead atoms. The van der Waals surface area contributed by atoms with Crippen LogP contribution in [0, 0.1) is 0 Å². The average molecular weight is 502 g/mol. The number of nitrogens with one attached hydrogen (secondary N) is 1. The highest BCUT2D eigenvalue weighted by molar-refractivity contribution is 5.97. The quantitative estimate of drug-likeness (QED) is 0.235. The van der Waals surface area contributed by atoms with Crippen LogP contribution in [0.1, 0.15) is 16.7 Å². The molecule has 8 heteroatoms. The van der Waals surface area contributed by atoms with E-state index in [-0.39, 0.29) is 6.54 Å². The van der Waals surface area contributed by atoms with Crippen LogP contribution in [0.4, 0.5) is 18.9 Å². The lowest BCUT2D eigenvalue weighted by Gasteiger charge is -2.15. The van der Waals surface area contributed by atoms with Crippen LogP contribution >= 0.6 is 0 Å². The van der Waals surface area contributed by atoms with E-state index in [1.807, 2.05) is 59.2 Å². The second-order valence-electron chi connectivity index (χ2n) is 8.41. The normalized spacial score (nSPS) is 11.4. The third-order valence-corrected chi connectivity index (χ3v) is 6.02. The van der Waals surface area contributed by atoms with Crippen molar-refractivity contribution in [3.05, 3.63) is 114 Å². The Kier molecular flexibility index (Phi) is 6.64. The predicted octanol–water partition coefficient (Wildman–Crippen LogP) is 6.92. The molecule has 0 radical (unpaired) electrons. The number of alkyl halides is 3. The minimum atomic E-state index is -4.41. The van der Waals surface area contributed by atoms with Crippen molar-refractivity contribution in [1.82, 2.24) is 9.55 Å². The SMILES string of the molecule is O=CNc1cccnc1-c1c(OCc2ccccc2)c2ccccc2n1Cc1ccc(C(F)(F)F)cc1. The minimum Gasteiger partial charge on any atom is -0.486 e. The molecule has 5 rings (SSSR count). The molecule has 0 saturated heterocycles. The van der Waals surface area contributed by atoms with E-state index in [0.717, 1.165) is 28.6 Å². The number of halogens is 3. The first-order chi connectivity index (χ1) is 18.0. The summed E-state index contributed by atoms with van der Waals surface area (Å²) in [5.74, 6) is 0.569. The molecule has 1 N–H and O–H groups in total. The Labute approximate surface area is 211 Å². The van der Waals surface area contributed by atoms with Crippen molar-refractivity contribution in [2.75, 3.05) is 5.32 Å². The third-order valence-electron chi connectivity index (χ3n) is 6.02. The van der Waals surface area contributed by atoms with Crippen LogP contribution < -0.4 is 10.1 Å². The van der Waals surface area contributed by atoms with Gasteiger partial charge in [-0.05, 0) is 47.5 Å². The van der Waals surface area contributed by atoms with Crippen LogP contribution in [-0.2, 0) is 24.1 Å². The van der Waals surface area contributed by atoms with Gasteiger partial charge in [0.25, 0.3) is 0 Å². The highest BCUT2D eigenvalue weighted by Gasteiger charge is 2.30. The fraction of sp³-hybridized carbons (Fsp3) is 0.103. The van der Waals surface area contributed by atoms with E-state index in [4.69, 9.17) is 4.74 Å². The van der Waals surface area contributed by atoms with Gasteiger partial charge in [0.2, 0.25) is 6.41 Å². The summed E-state index contributed by atoms with van der Waals surface area (Å²) in [6, 6.07) is 25.9. The van der Waals surface area contributed by atoms with Crippen molar-refractivity contribution in [2.45, 2.75) is 19.3 Å². The van der Waals surface area contributed by atoms with E-state index in [9.17, 15) is 18.0 Å². The summed E-state index contributed by atoms with van der Waals surface area (Å²) >= 11 is 0. The zero-order chi connectivity index (χ0) is 25.8. The van der Waals surface area contributed by atoms with Gasteiger partial charge in [0.15, 0.2) is 5.75 Å². The summed E-state index contributed by atoms with van der Waals surface area (Å²) in [4.78, 5) is 15.9. The van der Waals surface area contributed by atoms with Gasteiger partial charge in [-0.25, -0.2) is 0 Å². The number of benzene rings is 3. The number of nitrogens with zero attached hydrogens (tertiary/aromatic N) is 2. The number of rotatable bonds is 8. The first kappa shape index (κ1) is 24.1. The Hall–Kier alpha value is -4.59. The van der Waals surface area contributed by atoms with Gasteiger partial charge in [0, 0.05) is 18.1 Å². The molecular formula is C29H22F3N3O2. The van der Waals surface area contributed by atoms with Gasteiger partial charge in [0.05, 0.1) is 16.8 Å². The van der Waals surface area contributed by atoms with Gasteiger partial charge in [-0.3, -0.25) is 9.78 Å². The molecule has 3 aromatic carbocycles. The number of fused-ring (bicyclic) bond motifs is 1. The number of pyridine rings is 1. The maximum Gasteiger partial charge on any atom is 0.416 e. The molecule has 0 atom stereocenters. The topological polar surface area (TPSA) is 56.1 Å². The predicted molar refractivity (Wildman–Crippen MR) is 136 cm³/mol. The van der Waals surface area contributed by atoms with Gasteiger partial charge >= 0.3 is 6.18 Å². The number of anilines is 1. The molecule has 37 heavy (non-hydrogen) atoms. The summed E-state index contributed by atoms with van der Waals surface area (Å²) in [5, 5.41) is 3.52. The molecule has 186 valence electrons. The summed E-state index contributed by atoms with van der Waals surface area (Å²) in [6.07, 6.45) is -2.22. The van der Waals surface area contributed by atoms with Gasteiger partial charge in [0.1, 0.15) is 18.0 Å². The molecule has 2 aromatic heterocycles. The Bertz CT molecular complexity index is 1530. The number of hydrogen-bond acceptors (Lipinski definition) is 3. The van der Waals surface area contributed by atoms with Gasteiger partial charge in [-0.2, -0.15) is 13.2 Å². The molecule has 0 spiro atoms. The van der Waals surface area contributed by atoms with E-state index < -0.39 is 11.7 Å². The molecular weight excluding hydrogens is 479 g/mol. The van der Waals surface area contributed by atoms with Crippen molar-refractivity contribution in [2.24, 2.45) is 0 Å². The Morgan fingerprint density at radius 1 is 0.865 bits per heavy atom. The fourth-order valence-electron chi connectivity index (χ4n) is 4.30. The molecule has 0 fully saturated rings.